The van der Waals surface area contributed by atoms with Crippen molar-refractivity contribution < 1.29 is 4.79 Å². The molecule has 1 atom stereocenters. The lowest BCUT2D eigenvalue weighted by molar-refractivity contribution is -0.119. The zero-order valence-corrected chi connectivity index (χ0v) is 11.7. The first-order valence-electron chi connectivity index (χ1n) is 5.80. The van der Waals surface area contributed by atoms with E-state index in [9.17, 15) is 4.79 Å². The van der Waals surface area contributed by atoms with Gasteiger partial charge in [0.05, 0.1) is 0 Å². The van der Waals surface area contributed by atoms with Crippen LogP contribution in [-0.2, 0) is 4.79 Å². The van der Waals surface area contributed by atoms with Gasteiger partial charge >= 0.3 is 0 Å². The first kappa shape index (κ1) is 13.5. The molecule has 19 heavy (non-hydrogen) atoms. The number of rotatable bonds is 4. The molecule has 0 unspecified atom stereocenters. The standard InChI is InChI=1S/C15H13BrN2O/c16-13-9-5-4-8-12(13)10-18-14(15(17)19)11-6-2-1-3-7-11/h1-10,14H,(H2,17,19)/t14-/m0/s1. The minimum absolute atomic E-state index is 0.463. The molecule has 96 valence electrons. The van der Waals surface area contributed by atoms with E-state index in [0.29, 0.717) is 0 Å². The zero-order chi connectivity index (χ0) is 13.7. The summed E-state index contributed by atoms with van der Waals surface area (Å²) in [4.78, 5) is 15.8. The Labute approximate surface area is 120 Å². The number of aliphatic imine (C=N–C) groups is 1. The fourth-order valence-corrected chi connectivity index (χ4v) is 2.08. The van der Waals surface area contributed by atoms with Crippen LogP contribution >= 0.6 is 15.9 Å². The van der Waals surface area contributed by atoms with Crippen LogP contribution in [0.25, 0.3) is 0 Å². The van der Waals surface area contributed by atoms with E-state index < -0.39 is 11.9 Å². The number of primary amides is 1. The van der Waals surface area contributed by atoms with Crippen LogP contribution in [0.2, 0.25) is 0 Å². The number of nitrogens with zero attached hydrogens (tertiary/aromatic N) is 1. The van der Waals surface area contributed by atoms with E-state index in [1.807, 2.05) is 54.6 Å². The molecule has 0 saturated carbocycles. The molecule has 3 nitrogen and oxygen atoms in total. The average Bonchev–Trinajstić information content (AvgIpc) is 2.42. The molecule has 0 spiro atoms. The van der Waals surface area contributed by atoms with Crippen molar-refractivity contribution in [1.82, 2.24) is 0 Å². The molecule has 0 saturated heterocycles. The van der Waals surface area contributed by atoms with Crippen LogP contribution in [0.15, 0.2) is 64.1 Å². The lowest BCUT2D eigenvalue weighted by Gasteiger charge is -2.08. The summed E-state index contributed by atoms with van der Waals surface area (Å²) in [5.41, 5.74) is 7.10. The Morgan fingerprint density at radius 2 is 1.74 bits per heavy atom. The lowest BCUT2D eigenvalue weighted by atomic mass is 10.1. The lowest BCUT2D eigenvalue weighted by Crippen LogP contribution is -2.20. The molecule has 2 N–H and O–H groups in total. The Kier molecular flexibility index (Phi) is 4.47. The molecule has 2 rings (SSSR count). The van der Waals surface area contributed by atoms with E-state index in [-0.39, 0.29) is 0 Å². The molecule has 0 heterocycles. The summed E-state index contributed by atoms with van der Waals surface area (Å²) in [5.74, 6) is -0.463. The van der Waals surface area contributed by atoms with E-state index in [4.69, 9.17) is 5.73 Å². The second-order valence-corrected chi connectivity index (χ2v) is 4.87. The molecule has 0 radical (unpaired) electrons. The van der Waals surface area contributed by atoms with Crippen molar-refractivity contribution in [3.05, 3.63) is 70.2 Å². The molecule has 0 fully saturated rings. The van der Waals surface area contributed by atoms with Gasteiger partial charge in [0, 0.05) is 16.3 Å². The highest BCUT2D eigenvalue weighted by Crippen LogP contribution is 2.18. The number of nitrogens with two attached hydrogens (primary N) is 1. The average molecular weight is 317 g/mol. The molecule has 2 aromatic rings. The monoisotopic (exact) mass is 316 g/mol. The van der Waals surface area contributed by atoms with Gasteiger partial charge in [-0.2, -0.15) is 0 Å². The van der Waals surface area contributed by atoms with Crippen LogP contribution in [0, 0.1) is 0 Å². The Bertz CT molecular complexity index is 596. The van der Waals surface area contributed by atoms with Gasteiger partial charge in [-0.25, -0.2) is 0 Å². The minimum atomic E-state index is -0.659. The number of benzene rings is 2. The molecule has 4 heteroatoms. The Hall–Kier alpha value is -1.94. The zero-order valence-electron chi connectivity index (χ0n) is 10.2. The third-order valence-electron chi connectivity index (χ3n) is 2.65. The van der Waals surface area contributed by atoms with Gasteiger partial charge in [0.25, 0.3) is 0 Å². The van der Waals surface area contributed by atoms with Crippen LogP contribution in [0.4, 0.5) is 0 Å². The van der Waals surface area contributed by atoms with Crippen molar-refractivity contribution in [2.24, 2.45) is 10.7 Å². The van der Waals surface area contributed by atoms with E-state index in [2.05, 4.69) is 20.9 Å². The summed E-state index contributed by atoms with van der Waals surface area (Å²) in [6.07, 6.45) is 1.66. The summed E-state index contributed by atoms with van der Waals surface area (Å²) < 4.78 is 0.926. The minimum Gasteiger partial charge on any atom is -0.368 e. The second-order valence-electron chi connectivity index (χ2n) is 4.02. The third kappa shape index (κ3) is 3.51. The molecule has 0 aliphatic rings. The maximum absolute atomic E-state index is 11.5. The molecule has 1 amide bonds. The molecule has 0 bridgehead atoms. The van der Waals surface area contributed by atoms with E-state index in [1.165, 1.54) is 0 Å². The smallest absolute Gasteiger partial charge is 0.246 e. The van der Waals surface area contributed by atoms with Crippen molar-refractivity contribution in [3.8, 4) is 0 Å². The third-order valence-corrected chi connectivity index (χ3v) is 3.37. The van der Waals surface area contributed by atoms with Crippen molar-refractivity contribution in [3.63, 3.8) is 0 Å². The van der Waals surface area contributed by atoms with Gasteiger partial charge in [0.1, 0.15) is 0 Å². The van der Waals surface area contributed by atoms with Crippen molar-refractivity contribution in [2.45, 2.75) is 6.04 Å². The van der Waals surface area contributed by atoms with Gasteiger partial charge in [-0.3, -0.25) is 9.79 Å². The number of halogens is 1. The Morgan fingerprint density at radius 1 is 1.11 bits per heavy atom. The fourth-order valence-electron chi connectivity index (χ4n) is 1.69. The molecule has 0 aliphatic heterocycles. The number of carbonyl (C=O) groups excluding carboxylic acids is 1. The number of hydrogen-bond acceptors (Lipinski definition) is 2. The summed E-state index contributed by atoms with van der Waals surface area (Å²) >= 11 is 3.43. The summed E-state index contributed by atoms with van der Waals surface area (Å²) in [7, 11) is 0. The van der Waals surface area contributed by atoms with Crippen LogP contribution in [0.3, 0.4) is 0 Å². The number of amides is 1. The van der Waals surface area contributed by atoms with Gasteiger partial charge in [-0.1, -0.05) is 64.5 Å². The van der Waals surface area contributed by atoms with Gasteiger partial charge in [0.15, 0.2) is 6.04 Å². The molecule has 2 aromatic carbocycles. The van der Waals surface area contributed by atoms with Gasteiger partial charge in [-0.05, 0) is 11.6 Å². The van der Waals surface area contributed by atoms with Gasteiger partial charge in [0.2, 0.25) is 5.91 Å². The summed E-state index contributed by atoms with van der Waals surface area (Å²) in [5, 5.41) is 0. The van der Waals surface area contributed by atoms with Crippen LogP contribution in [0.5, 0.6) is 0 Å². The first-order valence-corrected chi connectivity index (χ1v) is 6.60. The first-order chi connectivity index (χ1) is 9.18. The van der Waals surface area contributed by atoms with Crippen molar-refractivity contribution >= 4 is 28.1 Å². The van der Waals surface area contributed by atoms with Crippen molar-refractivity contribution in [1.29, 1.82) is 0 Å². The Balaban J connectivity index is 2.28. The Morgan fingerprint density at radius 3 is 2.37 bits per heavy atom. The topological polar surface area (TPSA) is 55.5 Å². The largest absolute Gasteiger partial charge is 0.368 e. The van der Waals surface area contributed by atoms with Gasteiger partial charge < -0.3 is 5.73 Å². The highest BCUT2D eigenvalue weighted by Gasteiger charge is 2.15. The summed E-state index contributed by atoms with van der Waals surface area (Å²) in [6.45, 7) is 0. The van der Waals surface area contributed by atoms with E-state index in [1.54, 1.807) is 6.21 Å². The maximum atomic E-state index is 11.5. The molecular formula is C15H13BrN2O. The molecular weight excluding hydrogens is 304 g/mol. The molecule has 0 aromatic heterocycles. The van der Waals surface area contributed by atoms with E-state index in [0.717, 1.165) is 15.6 Å². The number of hydrogen-bond donors (Lipinski definition) is 1. The van der Waals surface area contributed by atoms with Crippen molar-refractivity contribution in [2.75, 3.05) is 0 Å². The highest BCUT2D eigenvalue weighted by atomic mass is 79.9. The van der Waals surface area contributed by atoms with Crippen LogP contribution < -0.4 is 5.73 Å². The van der Waals surface area contributed by atoms with E-state index >= 15 is 0 Å². The summed E-state index contributed by atoms with van der Waals surface area (Å²) in [6, 6.07) is 16.3. The SMILES string of the molecule is NC(=O)[C@@H](N=Cc1ccccc1Br)c1ccccc1. The number of carbonyl (C=O) groups is 1. The predicted octanol–water partition coefficient (Wildman–Crippen LogP) is 3.09. The second kappa shape index (κ2) is 6.29. The predicted molar refractivity (Wildman–Crippen MR) is 80.1 cm³/mol. The fraction of sp³-hybridized carbons (Fsp3) is 0.0667. The van der Waals surface area contributed by atoms with Crippen LogP contribution in [-0.4, -0.2) is 12.1 Å². The maximum Gasteiger partial charge on any atom is 0.246 e. The molecule has 0 aliphatic carbocycles. The highest BCUT2D eigenvalue weighted by molar-refractivity contribution is 9.10. The normalized spacial score (nSPS) is 12.5. The van der Waals surface area contributed by atoms with Crippen LogP contribution in [0.1, 0.15) is 17.2 Å². The quantitative estimate of drug-likeness (QED) is 0.866. The van der Waals surface area contributed by atoms with Gasteiger partial charge in [-0.15, -0.1) is 0 Å².